The van der Waals surface area contributed by atoms with Gasteiger partial charge in [-0.1, -0.05) is 24.3 Å². The number of fused-ring (bicyclic) bond motifs is 3. The number of hydrogen-bond donors (Lipinski definition) is 1. The summed E-state index contributed by atoms with van der Waals surface area (Å²) in [7, 11) is -1.76. The molecular weight excluding hydrogens is 464 g/mol. The molecule has 5 rings (SSSR count). The highest BCUT2D eigenvalue weighted by atomic mass is 32.2. The third-order valence-corrected chi connectivity index (χ3v) is 6.97. The number of para-hydroxylation sites is 1. The van der Waals surface area contributed by atoms with E-state index in [1.54, 1.807) is 47.4 Å². The van der Waals surface area contributed by atoms with Gasteiger partial charge < -0.3 is 10.6 Å². The molecule has 0 saturated carbocycles. The third kappa shape index (κ3) is 4.08. The summed E-state index contributed by atoms with van der Waals surface area (Å²) in [6, 6.07) is 15.4. The number of amides is 1. The zero-order valence-electron chi connectivity index (χ0n) is 19.1. The Balaban J connectivity index is 1.65. The Bertz CT molecular complexity index is 1700. The zero-order chi connectivity index (χ0) is 24.7. The smallest absolute Gasteiger partial charge is 0.260 e. The first kappa shape index (κ1) is 22.5. The predicted molar refractivity (Wildman–Crippen MR) is 135 cm³/mol. The van der Waals surface area contributed by atoms with Crippen molar-refractivity contribution in [2.24, 2.45) is 7.05 Å². The summed E-state index contributed by atoms with van der Waals surface area (Å²) in [6.07, 6.45) is 5.84. The Kier molecular flexibility index (Phi) is 5.45. The van der Waals surface area contributed by atoms with Crippen LogP contribution in [0.15, 0.2) is 78.1 Å². The molecule has 9 nitrogen and oxygen atoms in total. The van der Waals surface area contributed by atoms with Crippen molar-refractivity contribution in [1.29, 1.82) is 0 Å². The fourth-order valence-corrected chi connectivity index (χ4v) is 5.07. The van der Waals surface area contributed by atoms with E-state index >= 15 is 0 Å². The van der Waals surface area contributed by atoms with Crippen LogP contribution in [0.4, 0.5) is 11.5 Å². The van der Waals surface area contributed by atoms with Gasteiger partial charge >= 0.3 is 0 Å². The number of anilines is 2. The molecule has 0 bridgehead atoms. The molecule has 1 amide bonds. The van der Waals surface area contributed by atoms with E-state index in [1.807, 2.05) is 25.2 Å². The van der Waals surface area contributed by atoms with Gasteiger partial charge in [0.2, 0.25) is 0 Å². The number of carbonyl (C=O) groups excluding carboxylic acids is 1. The van der Waals surface area contributed by atoms with Crippen LogP contribution in [0.3, 0.4) is 0 Å². The van der Waals surface area contributed by atoms with Crippen molar-refractivity contribution in [3.63, 3.8) is 0 Å². The van der Waals surface area contributed by atoms with Gasteiger partial charge in [0.1, 0.15) is 5.82 Å². The molecule has 0 fully saturated rings. The lowest BCUT2D eigenvalue weighted by atomic mass is 10.1. The van der Waals surface area contributed by atoms with Crippen molar-refractivity contribution in [3.8, 4) is 0 Å². The molecule has 3 heterocycles. The second kappa shape index (κ2) is 8.48. The van der Waals surface area contributed by atoms with Gasteiger partial charge in [-0.05, 0) is 35.9 Å². The summed E-state index contributed by atoms with van der Waals surface area (Å²) in [4.78, 5) is 23.7. The van der Waals surface area contributed by atoms with Crippen molar-refractivity contribution in [2.45, 2.75) is 11.4 Å². The van der Waals surface area contributed by atoms with Gasteiger partial charge in [0.15, 0.2) is 9.84 Å². The van der Waals surface area contributed by atoms with Crippen molar-refractivity contribution < 1.29 is 13.2 Å². The lowest BCUT2D eigenvalue weighted by Gasteiger charge is -2.25. The van der Waals surface area contributed by atoms with Crippen LogP contribution in [0, 0.1) is 0 Å². The number of carbonyl (C=O) groups is 1. The molecule has 5 aromatic rings. The monoisotopic (exact) mass is 486 g/mol. The van der Waals surface area contributed by atoms with E-state index in [0.29, 0.717) is 22.6 Å². The van der Waals surface area contributed by atoms with E-state index in [-0.39, 0.29) is 17.3 Å². The lowest BCUT2D eigenvalue weighted by molar-refractivity contribution is 0.0984. The largest absolute Gasteiger partial charge is 0.383 e. The van der Waals surface area contributed by atoms with Crippen molar-refractivity contribution in [1.82, 2.24) is 19.7 Å². The Labute approximate surface area is 201 Å². The Hall–Kier alpha value is -4.31. The second-order valence-corrected chi connectivity index (χ2v) is 10.2. The van der Waals surface area contributed by atoms with E-state index in [1.165, 1.54) is 17.2 Å². The number of sulfone groups is 1. The van der Waals surface area contributed by atoms with Gasteiger partial charge in [0.05, 0.1) is 45.3 Å². The maximum Gasteiger partial charge on any atom is 0.260 e. The Morgan fingerprint density at radius 1 is 1.06 bits per heavy atom. The molecule has 0 aliphatic rings. The lowest BCUT2D eigenvalue weighted by Crippen LogP contribution is -2.31. The topological polar surface area (TPSA) is 124 Å². The van der Waals surface area contributed by atoms with Crippen LogP contribution in [-0.2, 0) is 23.4 Å². The minimum Gasteiger partial charge on any atom is -0.383 e. The Morgan fingerprint density at radius 2 is 1.86 bits per heavy atom. The van der Waals surface area contributed by atoms with Gasteiger partial charge in [0, 0.05) is 31.1 Å². The quantitative estimate of drug-likeness (QED) is 0.404. The number of hydrogen-bond acceptors (Lipinski definition) is 7. The summed E-state index contributed by atoms with van der Waals surface area (Å²) in [5.41, 5.74) is 9.08. The fourth-order valence-electron chi connectivity index (χ4n) is 4.19. The number of nitrogen functional groups attached to an aromatic ring is 1. The number of nitrogens with two attached hydrogens (primary N) is 1. The van der Waals surface area contributed by atoms with E-state index < -0.39 is 9.84 Å². The Morgan fingerprint density at radius 3 is 2.60 bits per heavy atom. The summed E-state index contributed by atoms with van der Waals surface area (Å²) < 4.78 is 26.8. The highest BCUT2D eigenvalue weighted by Gasteiger charge is 2.24. The molecule has 0 aliphatic heterocycles. The van der Waals surface area contributed by atoms with E-state index in [0.717, 1.165) is 28.1 Å². The minimum atomic E-state index is -3.60. The molecule has 0 atom stereocenters. The number of aromatic nitrogens is 4. The van der Waals surface area contributed by atoms with Crippen molar-refractivity contribution in [2.75, 3.05) is 16.9 Å². The number of pyridine rings is 2. The fraction of sp³-hybridized carbons (Fsp3) is 0.120. The molecular formula is C25H22N6O3S. The SMILES string of the molecule is Cn1ncc2c(N)nc3cc(CN(C(=O)c4cccnc4)c4ccccc4S(C)(=O)=O)ccc3c21. The molecule has 2 N–H and O–H groups in total. The van der Waals surface area contributed by atoms with Crippen LogP contribution in [0.2, 0.25) is 0 Å². The first-order chi connectivity index (χ1) is 16.7. The molecule has 10 heteroatoms. The second-order valence-electron chi connectivity index (χ2n) is 8.25. The summed E-state index contributed by atoms with van der Waals surface area (Å²) in [5, 5.41) is 5.93. The van der Waals surface area contributed by atoms with Crippen LogP contribution in [0.5, 0.6) is 0 Å². The van der Waals surface area contributed by atoms with Crippen LogP contribution in [0.25, 0.3) is 21.8 Å². The molecule has 35 heavy (non-hydrogen) atoms. The van der Waals surface area contributed by atoms with Crippen LogP contribution >= 0.6 is 0 Å². The van der Waals surface area contributed by atoms with Crippen molar-refractivity contribution in [3.05, 3.63) is 84.3 Å². The van der Waals surface area contributed by atoms with Crippen molar-refractivity contribution >= 4 is 49.1 Å². The molecule has 3 aromatic heterocycles. The number of nitrogens with zero attached hydrogens (tertiary/aromatic N) is 5. The van der Waals surface area contributed by atoms with Gasteiger partial charge in [0.25, 0.3) is 5.91 Å². The van der Waals surface area contributed by atoms with E-state index in [4.69, 9.17) is 5.73 Å². The van der Waals surface area contributed by atoms with Gasteiger partial charge in [-0.2, -0.15) is 5.10 Å². The highest BCUT2D eigenvalue weighted by molar-refractivity contribution is 7.90. The molecule has 0 unspecified atom stereocenters. The van der Waals surface area contributed by atoms with Gasteiger partial charge in [-0.15, -0.1) is 0 Å². The van der Waals surface area contributed by atoms with Crippen LogP contribution < -0.4 is 10.6 Å². The normalized spacial score (nSPS) is 11.7. The summed E-state index contributed by atoms with van der Waals surface area (Å²) >= 11 is 0. The predicted octanol–water partition coefficient (Wildman–Crippen LogP) is 3.35. The number of rotatable bonds is 5. The molecule has 0 radical (unpaired) electrons. The standard InChI is InChI=1S/C25H22N6O3S/c1-30-23-18-10-9-16(12-20(18)29-24(26)19(23)14-28-30)15-31(25(32)17-6-5-11-27-13-17)21-7-3-4-8-22(21)35(2,33)34/h3-14H,15H2,1-2H3,(H2,26,29). The number of benzene rings is 2. The van der Waals surface area contributed by atoms with E-state index in [9.17, 15) is 13.2 Å². The molecule has 0 aliphatic carbocycles. The molecule has 176 valence electrons. The maximum atomic E-state index is 13.6. The van der Waals surface area contributed by atoms with Crippen LogP contribution in [-0.4, -0.2) is 40.3 Å². The zero-order valence-corrected chi connectivity index (χ0v) is 19.9. The first-order valence-corrected chi connectivity index (χ1v) is 12.6. The maximum absolute atomic E-state index is 13.6. The third-order valence-electron chi connectivity index (χ3n) is 5.82. The summed E-state index contributed by atoms with van der Waals surface area (Å²) in [6.45, 7) is 0.112. The van der Waals surface area contributed by atoms with Crippen LogP contribution in [0.1, 0.15) is 15.9 Å². The average Bonchev–Trinajstić information content (AvgIpc) is 3.24. The van der Waals surface area contributed by atoms with E-state index in [2.05, 4.69) is 15.1 Å². The molecule has 0 spiro atoms. The van der Waals surface area contributed by atoms with Gasteiger partial charge in [-0.25, -0.2) is 13.4 Å². The summed E-state index contributed by atoms with van der Waals surface area (Å²) in [5.74, 6) is -0.00711. The molecule has 2 aromatic carbocycles. The average molecular weight is 487 g/mol. The van der Waals surface area contributed by atoms with Gasteiger partial charge in [-0.3, -0.25) is 14.5 Å². The minimum absolute atomic E-state index is 0.0667. The highest BCUT2D eigenvalue weighted by Crippen LogP contribution is 2.31. The first-order valence-electron chi connectivity index (χ1n) is 10.7. The molecule has 0 saturated heterocycles. The number of aryl methyl sites for hydroxylation is 1.